The largest absolute Gasteiger partial charge is 0.318 e. The molecule has 0 spiro atoms. The Hall–Kier alpha value is -0.170. The smallest absolute Gasteiger partial charge is 0.280 e. The van der Waals surface area contributed by atoms with E-state index in [9.17, 15) is 8.42 Å². The summed E-state index contributed by atoms with van der Waals surface area (Å²) in [4.78, 5) is 0. The summed E-state index contributed by atoms with van der Waals surface area (Å²) in [7, 11) is -1.47. The van der Waals surface area contributed by atoms with Crippen molar-refractivity contribution < 1.29 is 8.42 Å². The van der Waals surface area contributed by atoms with Crippen LogP contribution in [0.5, 0.6) is 0 Å². The molecule has 1 aliphatic carbocycles. The lowest BCUT2D eigenvalue weighted by molar-refractivity contribution is 0.242. The fourth-order valence-corrected chi connectivity index (χ4v) is 5.77. The highest BCUT2D eigenvalue weighted by Crippen LogP contribution is 2.34. The minimum Gasteiger partial charge on any atom is -0.318 e. The van der Waals surface area contributed by atoms with Crippen molar-refractivity contribution in [3.63, 3.8) is 0 Å². The van der Waals surface area contributed by atoms with Gasteiger partial charge in [0.05, 0.1) is 0 Å². The van der Waals surface area contributed by atoms with E-state index in [1.54, 1.807) is 4.31 Å². The fourth-order valence-electron chi connectivity index (χ4n) is 3.98. The van der Waals surface area contributed by atoms with Crippen molar-refractivity contribution in [3.05, 3.63) is 0 Å². The predicted molar refractivity (Wildman–Crippen MR) is 86.3 cm³/mol. The van der Waals surface area contributed by atoms with Gasteiger partial charge in [0.25, 0.3) is 10.2 Å². The molecule has 1 aliphatic heterocycles. The van der Waals surface area contributed by atoms with Crippen molar-refractivity contribution in [1.29, 1.82) is 0 Å². The third kappa shape index (κ3) is 3.97. The van der Waals surface area contributed by atoms with Crippen LogP contribution in [0, 0.1) is 11.8 Å². The van der Waals surface area contributed by atoms with Gasteiger partial charge in [-0.3, -0.25) is 0 Å². The molecule has 5 nitrogen and oxygen atoms in total. The molecule has 21 heavy (non-hydrogen) atoms. The molecule has 0 bridgehead atoms. The molecule has 4 unspecified atom stereocenters. The van der Waals surface area contributed by atoms with Gasteiger partial charge in [0.15, 0.2) is 0 Å². The van der Waals surface area contributed by atoms with E-state index in [1.807, 2.05) is 7.05 Å². The van der Waals surface area contributed by atoms with Gasteiger partial charge in [-0.05, 0) is 44.6 Å². The number of piperidine rings is 1. The summed E-state index contributed by atoms with van der Waals surface area (Å²) in [6.45, 7) is 5.78. The fraction of sp³-hybridized carbons (Fsp3) is 1.00. The van der Waals surface area contributed by atoms with Gasteiger partial charge in [0.1, 0.15) is 0 Å². The van der Waals surface area contributed by atoms with Crippen LogP contribution in [-0.4, -0.2) is 44.9 Å². The topological polar surface area (TPSA) is 61.4 Å². The number of nitrogens with zero attached hydrogens (tertiary/aromatic N) is 1. The Morgan fingerprint density at radius 3 is 2.57 bits per heavy atom. The first-order valence-electron chi connectivity index (χ1n) is 8.43. The molecule has 2 aliphatic rings. The Labute approximate surface area is 130 Å². The molecule has 4 atom stereocenters. The third-order valence-corrected chi connectivity index (χ3v) is 7.07. The highest BCUT2D eigenvalue weighted by Gasteiger charge is 2.38. The molecule has 1 saturated carbocycles. The number of likely N-dealkylation sites (N-methyl/N-ethyl adjacent to an activating group) is 1. The van der Waals surface area contributed by atoms with Crippen LogP contribution in [0.2, 0.25) is 0 Å². The molecule has 6 heteroatoms. The highest BCUT2D eigenvalue weighted by molar-refractivity contribution is 7.87. The molecular weight excluding hydrogens is 286 g/mol. The first-order valence-corrected chi connectivity index (χ1v) is 9.87. The average molecular weight is 317 g/mol. The summed E-state index contributed by atoms with van der Waals surface area (Å²) < 4.78 is 30.2. The van der Waals surface area contributed by atoms with Gasteiger partial charge in [-0.25, -0.2) is 0 Å². The van der Waals surface area contributed by atoms with Gasteiger partial charge >= 0.3 is 0 Å². The minimum atomic E-state index is -3.36. The maximum Gasteiger partial charge on any atom is 0.280 e. The molecule has 0 radical (unpaired) electrons. The van der Waals surface area contributed by atoms with E-state index in [0.717, 1.165) is 45.1 Å². The average Bonchev–Trinajstić information content (AvgIpc) is 2.80. The second-order valence-corrected chi connectivity index (χ2v) is 8.31. The molecule has 2 rings (SSSR count). The van der Waals surface area contributed by atoms with Gasteiger partial charge < -0.3 is 5.32 Å². The van der Waals surface area contributed by atoms with Gasteiger partial charge in [-0.1, -0.05) is 26.7 Å². The monoisotopic (exact) mass is 317 g/mol. The Bertz CT molecular complexity index is 425. The molecule has 1 heterocycles. The molecule has 2 N–H and O–H groups in total. The van der Waals surface area contributed by atoms with Crippen LogP contribution in [0.1, 0.15) is 52.4 Å². The molecule has 0 aromatic rings. The van der Waals surface area contributed by atoms with E-state index in [2.05, 4.69) is 23.9 Å². The lowest BCUT2D eigenvalue weighted by Gasteiger charge is -2.36. The van der Waals surface area contributed by atoms with Crippen molar-refractivity contribution in [2.75, 3.05) is 20.1 Å². The van der Waals surface area contributed by atoms with E-state index in [-0.39, 0.29) is 12.1 Å². The van der Waals surface area contributed by atoms with Gasteiger partial charge in [-0.2, -0.15) is 17.4 Å². The van der Waals surface area contributed by atoms with E-state index in [0.29, 0.717) is 18.4 Å². The van der Waals surface area contributed by atoms with Crippen molar-refractivity contribution >= 4 is 10.2 Å². The Morgan fingerprint density at radius 1 is 1.19 bits per heavy atom. The highest BCUT2D eigenvalue weighted by atomic mass is 32.2. The summed E-state index contributed by atoms with van der Waals surface area (Å²) in [5.41, 5.74) is 0. The van der Waals surface area contributed by atoms with E-state index < -0.39 is 10.2 Å². The number of hydrogen-bond acceptors (Lipinski definition) is 3. The summed E-state index contributed by atoms with van der Waals surface area (Å²) in [6, 6.07) is 0.206. The SMILES string of the molecule is CCC1CCC(NS(=O)(=O)N2CCCCC2CNC)C1C. The normalized spacial score (nSPS) is 35.2. The molecule has 124 valence electrons. The maximum atomic E-state index is 12.8. The lowest BCUT2D eigenvalue weighted by atomic mass is 9.94. The first-order chi connectivity index (χ1) is 9.99. The van der Waals surface area contributed by atoms with Gasteiger partial charge in [-0.15, -0.1) is 0 Å². The van der Waals surface area contributed by atoms with Crippen LogP contribution in [0.25, 0.3) is 0 Å². The standard InChI is InChI=1S/C15H31N3O2S/c1-4-13-8-9-15(12(13)2)17-21(19,20)18-10-6-5-7-14(18)11-16-3/h12-17H,4-11H2,1-3H3. The van der Waals surface area contributed by atoms with Crippen LogP contribution in [0.15, 0.2) is 0 Å². The Balaban J connectivity index is 2.03. The van der Waals surface area contributed by atoms with E-state index in [1.165, 1.54) is 0 Å². The second kappa shape index (κ2) is 7.40. The summed E-state index contributed by atoms with van der Waals surface area (Å²) in [6.07, 6.45) is 6.31. The van der Waals surface area contributed by atoms with Crippen molar-refractivity contribution in [3.8, 4) is 0 Å². The van der Waals surface area contributed by atoms with Crippen molar-refractivity contribution in [2.45, 2.75) is 64.5 Å². The third-order valence-electron chi connectivity index (χ3n) is 5.37. The van der Waals surface area contributed by atoms with Crippen LogP contribution in [-0.2, 0) is 10.2 Å². The van der Waals surface area contributed by atoms with Crippen LogP contribution >= 0.6 is 0 Å². The molecule has 2 fully saturated rings. The molecule has 0 amide bonds. The number of nitrogens with one attached hydrogen (secondary N) is 2. The number of rotatable bonds is 6. The summed E-state index contributed by atoms with van der Waals surface area (Å²) >= 11 is 0. The zero-order valence-corrected chi connectivity index (χ0v) is 14.5. The van der Waals surface area contributed by atoms with Crippen LogP contribution < -0.4 is 10.0 Å². The molecule has 0 aromatic heterocycles. The molecular formula is C15H31N3O2S. The minimum absolute atomic E-state index is 0.0972. The summed E-state index contributed by atoms with van der Waals surface area (Å²) in [5, 5.41) is 3.12. The lowest BCUT2D eigenvalue weighted by Crippen LogP contribution is -2.54. The first kappa shape index (κ1) is 17.2. The Kier molecular flexibility index (Phi) is 6.05. The predicted octanol–water partition coefficient (Wildman–Crippen LogP) is 1.72. The van der Waals surface area contributed by atoms with E-state index in [4.69, 9.17) is 0 Å². The zero-order chi connectivity index (χ0) is 15.5. The molecule has 0 aromatic carbocycles. The van der Waals surface area contributed by atoms with Crippen molar-refractivity contribution in [2.24, 2.45) is 11.8 Å². The quantitative estimate of drug-likeness (QED) is 0.784. The second-order valence-electron chi connectivity index (χ2n) is 6.65. The van der Waals surface area contributed by atoms with Gasteiger partial charge in [0.2, 0.25) is 0 Å². The van der Waals surface area contributed by atoms with E-state index >= 15 is 0 Å². The van der Waals surface area contributed by atoms with Crippen molar-refractivity contribution in [1.82, 2.24) is 14.3 Å². The van der Waals surface area contributed by atoms with Crippen LogP contribution in [0.4, 0.5) is 0 Å². The van der Waals surface area contributed by atoms with Crippen LogP contribution in [0.3, 0.4) is 0 Å². The summed E-state index contributed by atoms with van der Waals surface area (Å²) in [5.74, 6) is 1.10. The molecule has 1 saturated heterocycles. The maximum absolute atomic E-state index is 12.8. The van der Waals surface area contributed by atoms with Gasteiger partial charge in [0, 0.05) is 25.2 Å². The number of hydrogen-bond donors (Lipinski definition) is 2. The Morgan fingerprint density at radius 2 is 1.95 bits per heavy atom. The zero-order valence-electron chi connectivity index (χ0n) is 13.6.